The van der Waals surface area contributed by atoms with Crippen LogP contribution in [0.4, 0.5) is 11.4 Å². The van der Waals surface area contributed by atoms with Gasteiger partial charge in [-0.1, -0.05) is 12.1 Å². The fraction of sp³-hybridized carbons (Fsp3) is 0.263. The summed E-state index contributed by atoms with van der Waals surface area (Å²) in [6.07, 6.45) is -0.826. The molecule has 0 spiro atoms. The van der Waals surface area contributed by atoms with Crippen LogP contribution in [0.1, 0.15) is 20.3 Å². The summed E-state index contributed by atoms with van der Waals surface area (Å²) in [5.74, 6) is 0.682. The third-order valence-electron chi connectivity index (χ3n) is 3.59. The molecule has 0 radical (unpaired) electrons. The van der Waals surface area contributed by atoms with Gasteiger partial charge in [0.2, 0.25) is 5.91 Å². The monoisotopic (exact) mass is 340 g/mol. The van der Waals surface area contributed by atoms with Crippen LogP contribution in [0.3, 0.4) is 0 Å². The summed E-state index contributed by atoms with van der Waals surface area (Å²) in [7, 11) is 0. The van der Waals surface area contributed by atoms with E-state index in [-0.39, 0.29) is 24.3 Å². The summed E-state index contributed by atoms with van der Waals surface area (Å²) in [5, 5.41) is 5.50. The highest BCUT2D eigenvalue weighted by Crippen LogP contribution is 2.29. The van der Waals surface area contributed by atoms with Crippen LogP contribution in [0.15, 0.2) is 48.5 Å². The zero-order valence-corrected chi connectivity index (χ0v) is 14.1. The highest BCUT2D eigenvalue weighted by Gasteiger charge is 2.29. The lowest BCUT2D eigenvalue weighted by atomic mass is 10.1. The Bertz CT molecular complexity index is 771. The molecule has 0 saturated carbocycles. The van der Waals surface area contributed by atoms with Crippen molar-refractivity contribution in [2.45, 2.75) is 32.5 Å². The maximum absolute atomic E-state index is 12.2. The molecule has 2 N–H and O–H groups in total. The van der Waals surface area contributed by atoms with E-state index in [1.54, 1.807) is 36.4 Å². The van der Waals surface area contributed by atoms with E-state index in [2.05, 4.69) is 10.6 Å². The van der Waals surface area contributed by atoms with E-state index < -0.39 is 6.10 Å². The Balaban J connectivity index is 1.58. The average molecular weight is 340 g/mol. The molecule has 25 heavy (non-hydrogen) atoms. The minimum atomic E-state index is -0.849. The first-order chi connectivity index (χ1) is 12.0. The zero-order chi connectivity index (χ0) is 17.8. The van der Waals surface area contributed by atoms with Gasteiger partial charge in [0.05, 0.1) is 18.2 Å². The SMILES string of the molecule is CC(C)Oc1ccc(NC(=O)CC2Oc3ccccc3NC2=O)cc1. The predicted octanol–water partition coefficient (Wildman–Crippen LogP) is 3.20. The Morgan fingerprint density at radius 1 is 1.20 bits per heavy atom. The summed E-state index contributed by atoms with van der Waals surface area (Å²) in [6, 6.07) is 14.2. The number of anilines is 2. The highest BCUT2D eigenvalue weighted by atomic mass is 16.5. The molecule has 6 nitrogen and oxygen atoms in total. The second-order valence-corrected chi connectivity index (χ2v) is 6.04. The van der Waals surface area contributed by atoms with Gasteiger partial charge in [-0.05, 0) is 50.2 Å². The van der Waals surface area contributed by atoms with Crippen LogP contribution >= 0.6 is 0 Å². The molecule has 0 bridgehead atoms. The smallest absolute Gasteiger partial charge is 0.266 e. The minimum Gasteiger partial charge on any atom is -0.491 e. The molecule has 0 aromatic heterocycles. The lowest BCUT2D eigenvalue weighted by molar-refractivity contribution is -0.128. The molecule has 1 aliphatic heterocycles. The Morgan fingerprint density at radius 3 is 2.64 bits per heavy atom. The second kappa shape index (κ2) is 7.25. The van der Waals surface area contributed by atoms with Crippen molar-refractivity contribution in [3.8, 4) is 11.5 Å². The van der Waals surface area contributed by atoms with Crippen molar-refractivity contribution in [2.75, 3.05) is 10.6 Å². The standard InChI is InChI=1S/C19H20N2O4/c1-12(2)24-14-9-7-13(8-10-14)20-18(22)11-17-19(23)21-15-5-3-4-6-16(15)25-17/h3-10,12,17H,11H2,1-2H3,(H,20,22)(H,21,23). The van der Waals surface area contributed by atoms with E-state index in [0.29, 0.717) is 17.1 Å². The number of carbonyl (C=O) groups excluding carboxylic acids is 2. The van der Waals surface area contributed by atoms with Crippen LogP contribution in [0.5, 0.6) is 11.5 Å². The van der Waals surface area contributed by atoms with Crippen LogP contribution in [-0.4, -0.2) is 24.0 Å². The molecule has 1 unspecified atom stereocenters. The van der Waals surface area contributed by atoms with Gasteiger partial charge in [0.15, 0.2) is 6.10 Å². The summed E-state index contributed by atoms with van der Waals surface area (Å²) in [5.41, 5.74) is 1.25. The molecule has 2 amide bonds. The van der Waals surface area contributed by atoms with Crippen LogP contribution in [-0.2, 0) is 9.59 Å². The van der Waals surface area contributed by atoms with Crippen LogP contribution in [0, 0.1) is 0 Å². The number of nitrogens with one attached hydrogen (secondary N) is 2. The summed E-state index contributed by atoms with van der Waals surface area (Å²) in [6.45, 7) is 3.89. The van der Waals surface area contributed by atoms with Crippen molar-refractivity contribution in [3.05, 3.63) is 48.5 Å². The topological polar surface area (TPSA) is 76.7 Å². The van der Waals surface area contributed by atoms with Gasteiger partial charge in [-0.2, -0.15) is 0 Å². The van der Waals surface area contributed by atoms with E-state index in [0.717, 1.165) is 5.75 Å². The molecule has 2 aromatic rings. The van der Waals surface area contributed by atoms with E-state index in [1.807, 2.05) is 26.0 Å². The van der Waals surface area contributed by atoms with Gasteiger partial charge in [-0.3, -0.25) is 9.59 Å². The minimum absolute atomic E-state index is 0.0651. The lowest BCUT2D eigenvalue weighted by Crippen LogP contribution is -2.39. The first-order valence-electron chi connectivity index (χ1n) is 8.14. The number of hydrogen-bond donors (Lipinski definition) is 2. The van der Waals surface area contributed by atoms with Gasteiger partial charge in [-0.25, -0.2) is 0 Å². The Morgan fingerprint density at radius 2 is 1.92 bits per heavy atom. The first-order valence-corrected chi connectivity index (χ1v) is 8.14. The molecule has 3 rings (SSSR count). The number of fused-ring (bicyclic) bond motifs is 1. The van der Waals surface area contributed by atoms with Gasteiger partial charge in [0.1, 0.15) is 11.5 Å². The number of ether oxygens (including phenoxy) is 2. The van der Waals surface area contributed by atoms with Crippen molar-refractivity contribution < 1.29 is 19.1 Å². The summed E-state index contributed by atoms with van der Waals surface area (Å²) in [4.78, 5) is 24.3. The van der Waals surface area contributed by atoms with Gasteiger partial charge in [-0.15, -0.1) is 0 Å². The molecule has 1 heterocycles. The number of amides is 2. The van der Waals surface area contributed by atoms with Gasteiger partial charge < -0.3 is 20.1 Å². The molecule has 130 valence electrons. The van der Waals surface area contributed by atoms with Crippen molar-refractivity contribution in [1.29, 1.82) is 0 Å². The number of rotatable bonds is 5. The van der Waals surface area contributed by atoms with Gasteiger partial charge in [0, 0.05) is 5.69 Å². The molecule has 1 atom stereocenters. The Kier molecular flexibility index (Phi) is 4.88. The lowest BCUT2D eigenvalue weighted by Gasteiger charge is -2.25. The summed E-state index contributed by atoms with van der Waals surface area (Å²) >= 11 is 0. The maximum atomic E-state index is 12.2. The maximum Gasteiger partial charge on any atom is 0.266 e. The van der Waals surface area contributed by atoms with Crippen molar-refractivity contribution in [2.24, 2.45) is 0 Å². The van der Waals surface area contributed by atoms with Crippen molar-refractivity contribution >= 4 is 23.2 Å². The molecule has 0 fully saturated rings. The third kappa shape index (κ3) is 4.29. The molecule has 0 aliphatic carbocycles. The molecular weight excluding hydrogens is 320 g/mol. The molecule has 2 aromatic carbocycles. The number of para-hydroxylation sites is 2. The Labute approximate surface area is 146 Å². The predicted molar refractivity (Wildman–Crippen MR) is 94.9 cm³/mol. The van der Waals surface area contributed by atoms with E-state index in [9.17, 15) is 9.59 Å². The fourth-order valence-corrected chi connectivity index (χ4v) is 2.50. The highest BCUT2D eigenvalue weighted by molar-refractivity contribution is 6.01. The van der Waals surface area contributed by atoms with Crippen molar-refractivity contribution in [1.82, 2.24) is 0 Å². The third-order valence-corrected chi connectivity index (χ3v) is 3.59. The number of carbonyl (C=O) groups is 2. The molecule has 6 heteroatoms. The van der Waals surface area contributed by atoms with E-state index in [4.69, 9.17) is 9.47 Å². The summed E-state index contributed by atoms with van der Waals surface area (Å²) < 4.78 is 11.2. The van der Waals surface area contributed by atoms with Crippen molar-refractivity contribution in [3.63, 3.8) is 0 Å². The first kappa shape index (κ1) is 16.8. The molecule has 1 aliphatic rings. The molecular formula is C19H20N2O4. The second-order valence-electron chi connectivity index (χ2n) is 6.04. The Hall–Kier alpha value is -3.02. The van der Waals surface area contributed by atoms with Gasteiger partial charge >= 0.3 is 0 Å². The fourth-order valence-electron chi connectivity index (χ4n) is 2.50. The molecule has 0 saturated heterocycles. The average Bonchev–Trinajstić information content (AvgIpc) is 2.57. The van der Waals surface area contributed by atoms with E-state index in [1.165, 1.54) is 0 Å². The van der Waals surface area contributed by atoms with Crippen LogP contribution < -0.4 is 20.1 Å². The largest absolute Gasteiger partial charge is 0.491 e. The quantitative estimate of drug-likeness (QED) is 0.876. The van der Waals surface area contributed by atoms with E-state index >= 15 is 0 Å². The zero-order valence-electron chi connectivity index (χ0n) is 14.1. The number of hydrogen-bond acceptors (Lipinski definition) is 4. The van der Waals surface area contributed by atoms with Crippen LogP contribution in [0.25, 0.3) is 0 Å². The number of benzene rings is 2. The van der Waals surface area contributed by atoms with Gasteiger partial charge in [0.25, 0.3) is 5.91 Å². The van der Waals surface area contributed by atoms with Crippen LogP contribution in [0.2, 0.25) is 0 Å². The normalized spacial score (nSPS) is 15.8.